The van der Waals surface area contributed by atoms with Gasteiger partial charge in [-0.3, -0.25) is 9.59 Å². The smallest absolute Gasteiger partial charge is 0.303 e. The molecule has 0 atom stereocenters. The van der Waals surface area contributed by atoms with Crippen LogP contribution in [0.25, 0.3) is 0 Å². The number of benzene rings is 1. The molecule has 28 heavy (non-hydrogen) atoms. The molecule has 156 valence electrons. The fourth-order valence-electron chi connectivity index (χ4n) is 4.31. The van der Waals surface area contributed by atoms with Crippen LogP contribution in [0.2, 0.25) is 5.02 Å². The van der Waals surface area contributed by atoms with Gasteiger partial charge >= 0.3 is 5.97 Å². The number of carbonyl (C=O) groups is 2. The summed E-state index contributed by atoms with van der Waals surface area (Å²) in [6.07, 6.45) is 6.93. The number of rotatable bonds is 6. The lowest BCUT2D eigenvalue weighted by atomic mass is 9.83. The van der Waals surface area contributed by atoms with Crippen LogP contribution in [-0.2, 0) is 4.79 Å². The molecule has 1 amide bonds. The quantitative estimate of drug-likeness (QED) is 0.627. The lowest BCUT2D eigenvalue weighted by molar-refractivity contribution is -0.137. The molecule has 1 saturated carbocycles. The third kappa shape index (κ3) is 6.36. The van der Waals surface area contributed by atoms with Crippen molar-refractivity contribution in [1.82, 2.24) is 10.6 Å². The van der Waals surface area contributed by atoms with Crippen molar-refractivity contribution in [2.24, 2.45) is 5.92 Å². The number of nitrogens with one attached hydrogen (secondary N) is 2. The molecule has 1 aromatic carbocycles. The Kier molecular flexibility index (Phi) is 9.06. The first-order chi connectivity index (χ1) is 13.0. The minimum absolute atomic E-state index is 0. The second-order valence-corrected chi connectivity index (χ2v) is 8.29. The van der Waals surface area contributed by atoms with Crippen molar-refractivity contribution in [2.45, 2.75) is 63.3 Å². The van der Waals surface area contributed by atoms with Crippen molar-refractivity contribution in [3.05, 3.63) is 34.3 Å². The molecule has 1 aromatic rings. The summed E-state index contributed by atoms with van der Waals surface area (Å²) in [5.74, 6) is 0.142. The third-order valence-corrected chi connectivity index (χ3v) is 6.31. The van der Waals surface area contributed by atoms with Crippen LogP contribution in [-0.4, -0.2) is 36.1 Å². The second-order valence-electron chi connectivity index (χ2n) is 7.89. The van der Waals surface area contributed by atoms with E-state index in [-0.39, 0.29) is 30.8 Å². The molecule has 5 nitrogen and oxygen atoms in total. The fraction of sp³-hybridized carbons (Fsp3) is 0.619. The van der Waals surface area contributed by atoms with E-state index in [9.17, 15) is 9.59 Å². The molecular formula is C21H30Cl2N2O3. The summed E-state index contributed by atoms with van der Waals surface area (Å²) in [6.45, 7) is 2.05. The van der Waals surface area contributed by atoms with Crippen LogP contribution in [0.5, 0.6) is 0 Å². The Morgan fingerprint density at radius 1 is 1.11 bits per heavy atom. The molecule has 2 fully saturated rings. The third-order valence-electron chi connectivity index (χ3n) is 6.00. The first-order valence-electron chi connectivity index (χ1n) is 10.1. The standard InChI is InChI=1S/C21H29ClN2O3.ClH/c22-19-13-16(15-9-11-23-12-10-15)4-7-18(19)21(27)24-17-5-1-14(2-6-17)3-8-20(25)26;/h4,7,13-15,17,23H,1-3,5-6,8-12H2,(H,24,27)(H,25,26);1H/t14-,17-;. The molecule has 1 aliphatic heterocycles. The summed E-state index contributed by atoms with van der Waals surface area (Å²) in [7, 11) is 0. The molecule has 2 aliphatic rings. The highest BCUT2D eigenvalue weighted by atomic mass is 35.5. The minimum Gasteiger partial charge on any atom is -0.481 e. The normalized spacial score (nSPS) is 22.9. The zero-order chi connectivity index (χ0) is 19.2. The topological polar surface area (TPSA) is 78.4 Å². The number of aliphatic carboxylic acids is 1. The van der Waals surface area contributed by atoms with E-state index in [0.717, 1.165) is 58.0 Å². The van der Waals surface area contributed by atoms with Crippen LogP contribution in [0, 0.1) is 5.92 Å². The highest BCUT2D eigenvalue weighted by molar-refractivity contribution is 6.33. The molecular weight excluding hydrogens is 399 g/mol. The number of hydrogen-bond acceptors (Lipinski definition) is 3. The second kappa shape index (κ2) is 11.0. The van der Waals surface area contributed by atoms with E-state index in [0.29, 0.717) is 22.4 Å². The van der Waals surface area contributed by atoms with E-state index in [4.69, 9.17) is 16.7 Å². The van der Waals surface area contributed by atoms with Crippen LogP contribution >= 0.6 is 24.0 Å². The number of carboxylic acids is 1. The largest absolute Gasteiger partial charge is 0.481 e. The molecule has 1 heterocycles. The highest BCUT2D eigenvalue weighted by Crippen LogP contribution is 2.30. The van der Waals surface area contributed by atoms with E-state index < -0.39 is 5.97 Å². The first-order valence-corrected chi connectivity index (χ1v) is 10.4. The Labute approximate surface area is 178 Å². The average molecular weight is 429 g/mol. The van der Waals surface area contributed by atoms with Crippen LogP contribution in [0.15, 0.2) is 18.2 Å². The summed E-state index contributed by atoms with van der Waals surface area (Å²) in [4.78, 5) is 23.3. The van der Waals surface area contributed by atoms with Crippen LogP contribution in [0.4, 0.5) is 0 Å². The molecule has 0 unspecified atom stereocenters. The maximum Gasteiger partial charge on any atom is 0.303 e. The van der Waals surface area contributed by atoms with Crippen molar-refractivity contribution in [1.29, 1.82) is 0 Å². The van der Waals surface area contributed by atoms with Gasteiger partial charge in [0.2, 0.25) is 0 Å². The molecule has 3 N–H and O–H groups in total. The van der Waals surface area contributed by atoms with Gasteiger partial charge in [0.25, 0.3) is 5.91 Å². The molecule has 0 spiro atoms. The molecule has 1 saturated heterocycles. The Balaban J connectivity index is 0.00000280. The number of carboxylic acid groups (broad SMARTS) is 1. The van der Waals surface area contributed by atoms with Gasteiger partial charge in [0.05, 0.1) is 10.6 Å². The van der Waals surface area contributed by atoms with E-state index in [1.54, 1.807) is 0 Å². The van der Waals surface area contributed by atoms with E-state index in [2.05, 4.69) is 10.6 Å². The van der Waals surface area contributed by atoms with Gasteiger partial charge in [-0.1, -0.05) is 17.7 Å². The maximum atomic E-state index is 12.6. The fourth-order valence-corrected chi connectivity index (χ4v) is 4.59. The number of piperidine rings is 1. The number of halogens is 2. The van der Waals surface area contributed by atoms with Gasteiger partial charge in [-0.15, -0.1) is 12.4 Å². The summed E-state index contributed by atoms with van der Waals surface area (Å²) < 4.78 is 0. The lowest BCUT2D eigenvalue weighted by Gasteiger charge is -2.29. The molecule has 1 aliphatic carbocycles. The van der Waals surface area contributed by atoms with E-state index in [1.165, 1.54) is 5.56 Å². The van der Waals surface area contributed by atoms with Gasteiger partial charge in [0.15, 0.2) is 0 Å². The zero-order valence-corrected chi connectivity index (χ0v) is 17.7. The number of amides is 1. The predicted octanol–water partition coefficient (Wildman–Crippen LogP) is 4.38. The Hall–Kier alpha value is -1.30. The number of carbonyl (C=O) groups excluding carboxylic acids is 1. The van der Waals surface area contributed by atoms with Gasteiger partial charge in [-0.25, -0.2) is 0 Å². The monoisotopic (exact) mass is 428 g/mol. The van der Waals surface area contributed by atoms with Gasteiger partial charge in [0.1, 0.15) is 0 Å². The maximum absolute atomic E-state index is 12.6. The highest BCUT2D eigenvalue weighted by Gasteiger charge is 2.24. The summed E-state index contributed by atoms with van der Waals surface area (Å²) >= 11 is 6.42. The van der Waals surface area contributed by atoms with E-state index in [1.807, 2.05) is 18.2 Å². The van der Waals surface area contributed by atoms with Gasteiger partial charge in [-0.05, 0) is 87.6 Å². The number of hydrogen-bond donors (Lipinski definition) is 3. The SMILES string of the molecule is Cl.O=C(O)CC[C@H]1CC[C@H](NC(=O)c2ccc(C3CCNCC3)cc2Cl)CC1. The summed E-state index contributed by atoms with van der Waals surface area (Å²) in [6, 6.07) is 6.00. The van der Waals surface area contributed by atoms with Gasteiger partial charge in [0, 0.05) is 12.5 Å². The van der Waals surface area contributed by atoms with Crippen molar-refractivity contribution >= 4 is 35.9 Å². The zero-order valence-electron chi connectivity index (χ0n) is 16.1. The average Bonchev–Trinajstić information content (AvgIpc) is 2.68. The summed E-state index contributed by atoms with van der Waals surface area (Å²) in [5.41, 5.74) is 1.76. The molecule has 0 radical (unpaired) electrons. The van der Waals surface area contributed by atoms with Crippen molar-refractivity contribution in [3.8, 4) is 0 Å². The molecule has 7 heteroatoms. The van der Waals surface area contributed by atoms with Gasteiger partial charge in [-0.2, -0.15) is 0 Å². The minimum atomic E-state index is -0.729. The van der Waals surface area contributed by atoms with Gasteiger partial charge < -0.3 is 15.7 Å². The van der Waals surface area contributed by atoms with Crippen LogP contribution < -0.4 is 10.6 Å². The predicted molar refractivity (Wildman–Crippen MR) is 114 cm³/mol. The molecule has 0 bridgehead atoms. The summed E-state index contributed by atoms with van der Waals surface area (Å²) in [5, 5.41) is 15.8. The Morgan fingerprint density at radius 3 is 2.39 bits per heavy atom. The first kappa shape index (κ1) is 23.0. The van der Waals surface area contributed by atoms with Crippen molar-refractivity contribution in [3.63, 3.8) is 0 Å². The lowest BCUT2D eigenvalue weighted by Crippen LogP contribution is -2.37. The molecule has 3 rings (SSSR count). The van der Waals surface area contributed by atoms with Crippen LogP contribution in [0.3, 0.4) is 0 Å². The Morgan fingerprint density at radius 2 is 1.79 bits per heavy atom. The van der Waals surface area contributed by atoms with E-state index >= 15 is 0 Å². The molecule has 0 aromatic heterocycles. The van der Waals surface area contributed by atoms with Crippen LogP contribution in [0.1, 0.15) is 73.2 Å². The van der Waals surface area contributed by atoms with Crippen molar-refractivity contribution in [2.75, 3.05) is 13.1 Å². The Bertz CT molecular complexity index is 670. The van der Waals surface area contributed by atoms with Crippen molar-refractivity contribution < 1.29 is 14.7 Å².